The summed E-state index contributed by atoms with van der Waals surface area (Å²) in [6, 6.07) is 0. The van der Waals surface area contributed by atoms with Gasteiger partial charge in [0.25, 0.3) is 0 Å². The van der Waals surface area contributed by atoms with Crippen molar-refractivity contribution in [3.63, 3.8) is 0 Å². The summed E-state index contributed by atoms with van der Waals surface area (Å²) in [7, 11) is 14.2. The molecule has 0 aliphatic rings. The zero-order valence-electron chi connectivity index (χ0n) is 14.3. The van der Waals surface area contributed by atoms with Gasteiger partial charge in [0.15, 0.2) is 0 Å². The first-order valence-corrected chi connectivity index (χ1v) is 5.88. The van der Waals surface area contributed by atoms with E-state index in [9.17, 15) is 10.2 Å². The van der Waals surface area contributed by atoms with Crippen LogP contribution in [0.5, 0.6) is 0 Å². The third-order valence-electron chi connectivity index (χ3n) is 3.32. The maximum Gasteiger partial charge on any atom is 2.00 e. The minimum absolute atomic E-state index is 0. The monoisotopic (exact) mass is 326 g/mol. The second-order valence-corrected chi connectivity index (χ2v) is 5.45. The molecule has 0 spiro atoms. The van der Waals surface area contributed by atoms with Gasteiger partial charge in [-0.25, -0.2) is 0 Å². The fraction of sp³-hybridized carbons (Fsp3) is 1.00. The molecule has 0 atom stereocenters. The molecule has 7 heteroatoms. The minimum atomic E-state index is -1.08. The average molecular weight is 328 g/mol. The summed E-state index contributed by atoms with van der Waals surface area (Å²) in [4.78, 5) is 6.53. The Hall–Kier alpha value is 0.383. The molecule has 0 radical (unpaired) electrons. The first-order chi connectivity index (χ1) is 7.77. The van der Waals surface area contributed by atoms with E-state index in [0.717, 1.165) is 0 Å². The molecule has 0 aliphatic carbocycles. The molecule has 0 fully saturated rings. The van der Waals surface area contributed by atoms with Crippen LogP contribution in [0.3, 0.4) is 0 Å². The van der Waals surface area contributed by atoms with Gasteiger partial charge < -0.3 is 29.8 Å². The Morgan fingerprint density at radius 3 is 0.632 bits per heavy atom. The van der Waals surface area contributed by atoms with E-state index in [1.54, 1.807) is 89.8 Å². The molecule has 0 rings (SSSR count). The quantitative estimate of drug-likeness (QED) is 0.452. The molecule has 0 aromatic heterocycles. The zero-order valence-corrected chi connectivity index (χ0v) is 17.3. The van der Waals surface area contributed by atoms with Gasteiger partial charge in [0.05, 0.1) is 0 Å². The number of hydrogen-bond donors (Lipinski definition) is 0. The van der Waals surface area contributed by atoms with Gasteiger partial charge in [-0.1, -0.05) is 0 Å². The van der Waals surface area contributed by atoms with Crippen LogP contribution in [-0.2, 0) is 19.5 Å². The van der Waals surface area contributed by atoms with E-state index in [2.05, 4.69) is 0 Å². The van der Waals surface area contributed by atoms with E-state index in [-0.39, 0.29) is 19.5 Å². The maximum atomic E-state index is 11.4. The van der Waals surface area contributed by atoms with Crippen molar-refractivity contribution >= 4 is 0 Å². The van der Waals surface area contributed by atoms with Gasteiger partial charge in [-0.05, 0) is 81.9 Å². The molecule has 0 aromatic rings. The summed E-state index contributed by atoms with van der Waals surface area (Å²) < 4.78 is 0. The van der Waals surface area contributed by atoms with Crippen LogP contribution in [0.1, 0.15) is 13.8 Å². The predicted octanol–water partition coefficient (Wildman–Crippen LogP) is -1.72. The largest absolute Gasteiger partial charge is 2.00 e. The number of hydrogen-bond acceptors (Lipinski definition) is 6. The van der Waals surface area contributed by atoms with Crippen LogP contribution >= 0.6 is 0 Å². The van der Waals surface area contributed by atoms with Gasteiger partial charge in [-0.3, -0.25) is 0 Å². The molecule has 6 nitrogen and oxygen atoms in total. The van der Waals surface area contributed by atoms with E-state index >= 15 is 0 Å². The Balaban J connectivity index is -0.000000256. The topological polar surface area (TPSA) is 59.1 Å². The van der Waals surface area contributed by atoms with Crippen molar-refractivity contribution in [2.24, 2.45) is 0 Å². The molecule has 19 heavy (non-hydrogen) atoms. The summed E-state index contributed by atoms with van der Waals surface area (Å²) in [5.41, 5.74) is 0. The Morgan fingerprint density at radius 2 is 0.632 bits per heavy atom. The zero-order chi connectivity index (χ0) is 15.3. The van der Waals surface area contributed by atoms with Crippen molar-refractivity contribution in [3.05, 3.63) is 0 Å². The van der Waals surface area contributed by atoms with E-state index in [1.807, 2.05) is 0 Å². The molecule has 112 valence electrons. The van der Waals surface area contributed by atoms with Gasteiger partial charge in [0.1, 0.15) is 0 Å². The molecule has 0 saturated heterocycles. The number of nitrogens with zero attached hydrogens (tertiary/aromatic N) is 4. The predicted molar refractivity (Wildman–Crippen MR) is 71.6 cm³/mol. The molecule has 0 amide bonds. The normalized spacial score (nSPS) is 12.6. The summed E-state index contributed by atoms with van der Waals surface area (Å²) in [6.45, 7) is 3.26. The molecule has 0 N–H and O–H groups in total. The van der Waals surface area contributed by atoms with Crippen molar-refractivity contribution < 1.29 is 29.7 Å². The molecule has 0 aromatic carbocycles. The van der Waals surface area contributed by atoms with Gasteiger partial charge in [0.2, 0.25) is 0 Å². The summed E-state index contributed by atoms with van der Waals surface area (Å²) in [5.74, 6) is -2.17. The first-order valence-electron chi connectivity index (χ1n) is 5.88. The second kappa shape index (κ2) is 9.34. The van der Waals surface area contributed by atoms with Crippen molar-refractivity contribution in [1.82, 2.24) is 19.6 Å². The fourth-order valence-corrected chi connectivity index (χ4v) is 0.800. The number of rotatable bonds is 4. The van der Waals surface area contributed by atoms with Crippen molar-refractivity contribution in [2.75, 3.05) is 56.4 Å². The van der Waals surface area contributed by atoms with Crippen LogP contribution < -0.4 is 10.2 Å². The van der Waals surface area contributed by atoms with E-state index < -0.39 is 11.7 Å². The van der Waals surface area contributed by atoms with E-state index in [1.165, 1.54) is 0 Å². The standard InChI is InChI=1S/2C6H15N2O.Zn/c2*1-6(9,7(2)3)8(4)5;/h2*1-5H3;/q2*-1;+2. The third kappa shape index (κ3) is 8.30. The Labute approximate surface area is 131 Å². The summed E-state index contributed by atoms with van der Waals surface area (Å²) in [5, 5.41) is 22.7. The first kappa shape index (κ1) is 24.4. The summed E-state index contributed by atoms with van der Waals surface area (Å²) >= 11 is 0. The van der Waals surface area contributed by atoms with Gasteiger partial charge in [-0.2, -0.15) is 0 Å². The van der Waals surface area contributed by atoms with Crippen LogP contribution in [0.2, 0.25) is 0 Å². The Morgan fingerprint density at radius 1 is 0.526 bits per heavy atom. The molecular weight excluding hydrogens is 298 g/mol. The van der Waals surface area contributed by atoms with E-state index in [0.29, 0.717) is 0 Å². The molecule has 0 unspecified atom stereocenters. The van der Waals surface area contributed by atoms with Crippen molar-refractivity contribution in [1.29, 1.82) is 0 Å². The second-order valence-electron chi connectivity index (χ2n) is 5.45. The van der Waals surface area contributed by atoms with Crippen LogP contribution in [-0.4, -0.2) is 87.7 Å². The van der Waals surface area contributed by atoms with Crippen LogP contribution in [0.4, 0.5) is 0 Å². The SMILES string of the molecule is CN(C)C(C)([O-])N(C)C.CN(C)C(C)([O-])N(C)C.[Zn+2]. The average Bonchev–Trinajstić information content (AvgIpc) is 2.17. The molecular formula is C12H30N4O2Zn. The smallest absolute Gasteiger partial charge is 0.826 e. The van der Waals surface area contributed by atoms with Crippen molar-refractivity contribution in [2.45, 2.75) is 25.5 Å². The Bertz CT molecular complexity index is 188. The molecule has 0 heterocycles. The molecule has 0 aliphatic heterocycles. The third-order valence-corrected chi connectivity index (χ3v) is 3.32. The van der Waals surface area contributed by atoms with Crippen molar-refractivity contribution in [3.8, 4) is 0 Å². The van der Waals surface area contributed by atoms with Gasteiger partial charge in [-0.15, -0.1) is 0 Å². The Kier molecular flexibility index (Phi) is 12.0. The van der Waals surface area contributed by atoms with Crippen LogP contribution in [0.15, 0.2) is 0 Å². The van der Waals surface area contributed by atoms with Gasteiger partial charge >= 0.3 is 19.5 Å². The molecule has 0 bridgehead atoms. The van der Waals surface area contributed by atoms with Crippen LogP contribution in [0, 0.1) is 0 Å². The van der Waals surface area contributed by atoms with E-state index in [4.69, 9.17) is 0 Å². The maximum absolute atomic E-state index is 11.4. The van der Waals surface area contributed by atoms with Gasteiger partial charge in [0, 0.05) is 0 Å². The molecule has 0 saturated carbocycles. The summed E-state index contributed by atoms with van der Waals surface area (Å²) in [6.07, 6.45) is 0. The fourth-order valence-electron chi connectivity index (χ4n) is 0.800. The van der Waals surface area contributed by atoms with Crippen LogP contribution in [0.25, 0.3) is 0 Å². The minimum Gasteiger partial charge on any atom is -0.826 e.